The standard InChI is InChI=1S/C23H21IN4O2S/c1-27(13-14-30-31-24)20-10-7-18(8-11-20)15-21-23(29)28(2)22(26-21)12-9-17-3-5-19(16-25)6-4-17/h3-12,15H,13-14H2,1-2H3/b12-9+,21-15-. The minimum atomic E-state index is -0.144. The molecule has 1 heterocycles. The van der Waals surface area contributed by atoms with Crippen LogP contribution < -0.4 is 4.90 Å². The second-order valence-corrected chi connectivity index (χ2v) is 8.27. The predicted octanol–water partition coefficient (Wildman–Crippen LogP) is 4.93. The lowest BCUT2D eigenvalue weighted by Gasteiger charge is -2.18. The van der Waals surface area contributed by atoms with E-state index in [1.165, 1.54) is 14.1 Å². The summed E-state index contributed by atoms with van der Waals surface area (Å²) in [6, 6.07) is 17.3. The third-order valence-corrected chi connectivity index (χ3v) is 5.78. The molecule has 0 aliphatic carbocycles. The van der Waals surface area contributed by atoms with Gasteiger partial charge in [0.2, 0.25) is 0 Å². The van der Waals surface area contributed by atoms with Crippen molar-refractivity contribution >= 4 is 60.0 Å². The molecule has 158 valence electrons. The Hall–Kier alpha value is -2.61. The fourth-order valence-corrected chi connectivity index (χ4v) is 3.60. The van der Waals surface area contributed by atoms with Crippen LogP contribution in [0.25, 0.3) is 12.2 Å². The summed E-state index contributed by atoms with van der Waals surface area (Å²) in [4.78, 5) is 20.7. The number of likely N-dealkylation sites (N-methyl/N-ethyl adjacent to an activating group) is 2. The average Bonchev–Trinajstić information content (AvgIpc) is 3.06. The summed E-state index contributed by atoms with van der Waals surface area (Å²) < 4.78 is 5.31. The maximum absolute atomic E-state index is 12.6. The molecule has 3 rings (SSSR count). The number of benzene rings is 2. The third kappa shape index (κ3) is 6.19. The van der Waals surface area contributed by atoms with Gasteiger partial charge in [0.1, 0.15) is 11.5 Å². The van der Waals surface area contributed by atoms with Crippen LogP contribution in [0, 0.1) is 11.3 Å². The number of hydrogen-bond acceptors (Lipinski definition) is 6. The summed E-state index contributed by atoms with van der Waals surface area (Å²) in [6.45, 7) is 1.43. The number of hydrogen-bond donors (Lipinski definition) is 0. The van der Waals surface area contributed by atoms with Gasteiger partial charge in [-0.2, -0.15) is 5.26 Å². The van der Waals surface area contributed by atoms with Crippen molar-refractivity contribution in [2.75, 3.05) is 32.1 Å². The van der Waals surface area contributed by atoms with E-state index in [4.69, 9.17) is 9.44 Å². The first-order valence-corrected chi connectivity index (χ1v) is 12.8. The van der Waals surface area contributed by atoms with Crippen molar-refractivity contribution in [1.29, 1.82) is 5.26 Å². The molecular formula is C23H21IN4O2S. The van der Waals surface area contributed by atoms with E-state index in [1.807, 2.05) is 49.5 Å². The molecule has 0 saturated carbocycles. The van der Waals surface area contributed by atoms with E-state index >= 15 is 0 Å². The molecule has 0 bridgehead atoms. The van der Waals surface area contributed by atoms with Crippen LogP contribution in [-0.4, -0.2) is 43.9 Å². The first-order chi connectivity index (χ1) is 15.0. The smallest absolute Gasteiger partial charge is 0.277 e. The van der Waals surface area contributed by atoms with Gasteiger partial charge >= 0.3 is 0 Å². The molecule has 0 atom stereocenters. The van der Waals surface area contributed by atoms with Gasteiger partial charge in [0.15, 0.2) is 0 Å². The zero-order valence-corrected chi connectivity index (χ0v) is 20.1. The molecule has 0 radical (unpaired) electrons. The maximum Gasteiger partial charge on any atom is 0.277 e. The molecule has 8 heteroatoms. The molecule has 2 aromatic carbocycles. The first kappa shape index (κ1) is 23.1. The Morgan fingerprint density at radius 1 is 1.16 bits per heavy atom. The van der Waals surface area contributed by atoms with Crippen LogP contribution >= 0.6 is 30.4 Å². The van der Waals surface area contributed by atoms with Gasteiger partial charge in [-0.1, -0.05) is 30.3 Å². The minimum Gasteiger partial charge on any atom is -0.372 e. The number of halogens is 1. The van der Waals surface area contributed by atoms with Crippen LogP contribution in [0.2, 0.25) is 0 Å². The Morgan fingerprint density at radius 3 is 2.48 bits per heavy atom. The van der Waals surface area contributed by atoms with Crippen LogP contribution in [-0.2, 0) is 8.98 Å². The number of carbonyl (C=O) groups excluding carboxylic acids is 1. The number of amides is 1. The normalized spacial score (nSPS) is 14.9. The Labute approximate surface area is 198 Å². The highest BCUT2D eigenvalue weighted by Gasteiger charge is 2.25. The first-order valence-electron chi connectivity index (χ1n) is 9.50. The Morgan fingerprint density at radius 2 is 1.84 bits per heavy atom. The van der Waals surface area contributed by atoms with E-state index in [-0.39, 0.29) is 5.91 Å². The fraction of sp³-hybridized carbons (Fsp3) is 0.174. The van der Waals surface area contributed by atoms with Crippen molar-refractivity contribution in [3.63, 3.8) is 0 Å². The zero-order chi connectivity index (χ0) is 22.2. The number of carbonyl (C=O) groups is 1. The Balaban J connectivity index is 1.71. The number of amidine groups is 1. The van der Waals surface area contributed by atoms with Crippen molar-refractivity contribution in [2.45, 2.75) is 0 Å². The molecule has 2 aromatic rings. The summed E-state index contributed by atoms with van der Waals surface area (Å²) in [6.07, 6.45) is 5.47. The molecule has 0 fully saturated rings. The average molecular weight is 544 g/mol. The summed E-state index contributed by atoms with van der Waals surface area (Å²) in [5.74, 6) is 0.430. The maximum atomic E-state index is 12.6. The zero-order valence-electron chi connectivity index (χ0n) is 17.2. The second-order valence-electron chi connectivity index (χ2n) is 6.83. The van der Waals surface area contributed by atoms with Gasteiger partial charge in [-0.25, -0.2) is 4.99 Å². The predicted molar refractivity (Wildman–Crippen MR) is 136 cm³/mol. The highest BCUT2D eigenvalue weighted by Crippen LogP contribution is 2.21. The highest BCUT2D eigenvalue weighted by molar-refractivity contribution is 14.2. The van der Waals surface area contributed by atoms with Crippen LogP contribution in [0.5, 0.6) is 0 Å². The van der Waals surface area contributed by atoms with Gasteiger partial charge in [-0.05, 0) is 47.5 Å². The van der Waals surface area contributed by atoms with E-state index in [0.717, 1.165) is 23.4 Å². The Kier molecular flexibility index (Phi) is 8.28. The van der Waals surface area contributed by atoms with Crippen LogP contribution in [0.1, 0.15) is 16.7 Å². The van der Waals surface area contributed by atoms with Crippen molar-refractivity contribution in [3.05, 3.63) is 77.0 Å². The van der Waals surface area contributed by atoms with Gasteiger partial charge in [0.25, 0.3) is 5.91 Å². The van der Waals surface area contributed by atoms with E-state index in [9.17, 15) is 4.79 Å². The molecular weight excluding hydrogens is 523 g/mol. The van der Waals surface area contributed by atoms with E-state index in [1.54, 1.807) is 31.3 Å². The van der Waals surface area contributed by atoms with Gasteiger partial charge < -0.3 is 9.08 Å². The molecule has 0 spiro atoms. The summed E-state index contributed by atoms with van der Waals surface area (Å²) in [5.41, 5.74) is 3.93. The molecule has 6 nitrogen and oxygen atoms in total. The van der Waals surface area contributed by atoms with Gasteiger partial charge in [-0.15, -0.1) is 0 Å². The molecule has 31 heavy (non-hydrogen) atoms. The molecule has 0 saturated heterocycles. The van der Waals surface area contributed by atoms with Crippen molar-refractivity contribution in [3.8, 4) is 6.07 Å². The number of rotatable bonds is 8. The van der Waals surface area contributed by atoms with Crippen molar-refractivity contribution < 1.29 is 8.98 Å². The quantitative estimate of drug-likeness (QED) is 0.204. The van der Waals surface area contributed by atoms with Gasteiger partial charge in [0, 0.05) is 47.5 Å². The van der Waals surface area contributed by atoms with E-state index < -0.39 is 0 Å². The van der Waals surface area contributed by atoms with Crippen molar-refractivity contribution in [2.24, 2.45) is 4.99 Å². The second kappa shape index (κ2) is 11.1. The molecule has 1 aliphatic rings. The fourth-order valence-electron chi connectivity index (χ4n) is 2.92. The molecule has 0 unspecified atom stereocenters. The summed E-state index contributed by atoms with van der Waals surface area (Å²) >= 11 is 2.10. The summed E-state index contributed by atoms with van der Waals surface area (Å²) in [5, 5.41) is 8.89. The number of aliphatic imine (C=N–C) groups is 1. The number of anilines is 1. The topological polar surface area (TPSA) is 68.9 Å². The number of nitrogens with zero attached hydrogens (tertiary/aromatic N) is 4. The Bertz CT molecular complexity index is 1060. The SMILES string of the molecule is CN1C(=O)/C(=C/c2ccc(N(C)CCOSI)cc2)N=C1/C=C/c1ccc(C#N)cc1. The molecule has 1 aliphatic heterocycles. The molecule has 1 amide bonds. The van der Waals surface area contributed by atoms with E-state index in [2.05, 4.69) is 37.2 Å². The largest absolute Gasteiger partial charge is 0.372 e. The monoisotopic (exact) mass is 544 g/mol. The number of nitriles is 1. The lowest BCUT2D eigenvalue weighted by molar-refractivity contribution is -0.121. The van der Waals surface area contributed by atoms with Gasteiger partial charge in [-0.3, -0.25) is 9.69 Å². The lowest BCUT2D eigenvalue weighted by Crippen LogP contribution is -2.26. The highest BCUT2D eigenvalue weighted by atomic mass is 127. The van der Waals surface area contributed by atoms with Crippen LogP contribution in [0.3, 0.4) is 0 Å². The van der Waals surface area contributed by atoms with Crippen LogP contribution in [0.4, 0.5) is 5.69 Å². The van der Waals surface area contributed by atoms with Gasteiger partial charge in [0.05, 0.1) is 27.5 Å². The molecule has 0 aromatic heterocycles. The van der Waals surface area contributed by atoms with E-state index in [0.29, 0.717) is 23.7 Å². The lowest BCUT2D eigenvalue weighted by atomic mass is 10.1. The van der Waals surface area contributed by atoms with Crippen molar-refractivity contribution in [1.82, 2.24) is 4.90 Å². The third-order valence-electron chi connectivity index (χ3n) is 4.76. The minimum absolute atomic E-state index is 0.144. The van der Waals surface area contributed by atoms with Crippen LogP contribution in [0.15, 0.2) is 65.3 Å². The summed E-state index contributed by atoms with van der Waals surface area (Å²) in [7, 11) is 5.06. The molecule has 0 N–H and O–H groups in total.